The van der Waals surface area contributed by atoms with Crippen molar-refractivity contribution in [2.75, 3.05) is 19.6 Å². The number of nitrogens with one attached hydrogen (secondary N) is 2. The first-order chi connectivity index (χ1) is 6.16. The van der Waals surface area contributed by atoms with E-state index in [4.69, 9.17) is 5.11 Å². The van der Waals surface area contributed by atoms with Gasteiger partial charge in [-0.3, -0.25) is 9.59 Å². The van der Waals surface area contributed by atoms with Crippen molar-refractivity contribution >= 4 is 11.9 Å². The topological polar surface area (TPSA) is 78.4 Å². The molecule has 0 fully saturated rings. The average molecular weight is 188 g/mol. The summed E-state index contributed by atoms with van der Waals surface area (Å²) < 4.78 is 0. The quantitative estimate of drug-likeness (QED) is 0.474. The monoisotopic (exact) mass is 188 g/mol. The van der Waals surface area contributed by atoms with Crippen LogP contribution < -0.4 is 10.6 Å². The van der Waals surface area contributed by atoms with E-state index in [0.29, 0.717) is 19.5 Å². The van der Waals surface area contributed by atoms with E-state index < -0.39 is 5.97 Å². The number of aliphatic carboxylic acids is 1. The minimum absolute atomic E-state index is 0.0905. The summed E-state index contributed by atoms with van der Waals surface area (Å²) in [6, 6.07) is 0. The van der Waals surface area contributed by atoms with Crippen molar-refractivity contribution in [2.45, 2.75) is 19.8 Å². The lowest BCUT2D eigenvalue weighted by Gasteiger charge is -2.03. The zero-order valence-electron chi connectivity index (χ0n) is 7.80. The Morgan fingerprint density at radius 3 is 2.62 bits per heavy atom. The first-order valence-corrected chi connectivity index (χ1v) is 4.36. The van der Waals surface area contributed by atoms with Crippen molar-refractivity contribution < 1.29 is 14.7 Å². The van der Waals surface area contributed by atoms with Crippen molar-refractivity contribution in [3.05, 3.63) is 0 Å². The third kappa shape index (κ3) is 8.81. The molecule has 0 rings (SSSR count). The van der Waals surface area contributed by atoms with Crippen LogP contribution in [-0.2, 0) is 9.59 Å². The van der Waals surface area contributed by atoms with E-state index in [0.717, 1.165) is 6.54 Å². The summed E-state index contributed by atoms with van der Waals surface area (Å²) in [5.41, 5.74) is 0. The Hall–Kier alpha value is -1.10. The molecule has 0 unspecified atom stereocenters. The largest absolute Gasteiger partial charge is 0.481 e. The highest BCUT2D eigenvalue weighted by molar-refractivity contribution is 5.78. The molecule has 0 aromatic rings. The molecule has 0 aromatic carbocycles. The third-order valence-corrected chi connectivity index (χ3v) is 1.43. The maximum atomic E-state index is 10.9. The summed E-state index contributed by atoms with van der Waals surface area (Å²) in [7, 11) is 0. The van der Waals surface area contributed by atoms with Crippen molar-refractivity contribution in [3.8, 4) is 0 Å². The first kappa shape index (κ1) is 11.9. The van der Waals surface area contributed by atoms with E-state index in [-0.39, 0.29) is 12.3 Å². The van der Waals surface area contributed by atoms with E-state index in [1.807, 2.05) is 6.92 Å². The Bertz CT molecular complexity index is 171. The molecule has 0 aliphatic rings. The van der Waals surface area contributed by atoms with Gasteiger partial charge in [0, 0.05) is 13.0 Å². The normalized spacial score (nSPS) is 9.62. The molecule has 0 aliphatic carbocycles. The highest BCUT2D eigenvalue weighted by Crippen LogP contribution is 1.85. The number of carboxylic acids is 1. The molecule has 0 aliphatic heterocycles. The SMILES string of the molecule is CCNCC(=O)NCCCC(=O)O. The van der Waals surface area contributed by atoms with Gasteiger partial charge in [-0.05, 0) is 13.0 Å². The molecular weight excluding hydrogens is 172 g/mol. The van der Waals surface area contributed by atoms with Crippen molar-refractivity contribution in [2.24, 2.45) is 0 Å². The fraction of sp³-hybridized carbons (Fsp3) is 0.750. The summed E-state index contributed by atoms with van der Waals surface area (Å²) in [5.74, 6) is -0.923. The lowest BCUT2D eigenvalue weighted by Crippen LogP contribution is -2.34. The molecule has 1 amide bonds. The molecule has 0 saturated heterocycles. The molecule has 13 heavy (non-hydrogen) atoms. The van der Waals surface area contributed by atoms with Gasteiger partial charge in [-0.2, -0.15) is 0 Å². The minimum Gasteiger partial charge on any atom is -0.481 e. The average Bonchev–Trinajstić information content (AvgIpc) is 2.08. The van der Waals surface area contributed by atoms with E-state index in [2.05, 4.69) is 10.6 Å². The van der Waals surface area contributed by atoms with E-state index in [1.165, 1.54) is 0 Å². The second-order valence-corrected chi connectivity index (χ2v) is 2.63. The van der Waals surface area contributed by atoms with Crippen LogP contribution in [0.25, 0.3) is 0 Å². The van der Waals surface area contributed by atoms with Crippen molar-refractivity contribution in [1.82, 2.24) is 10.6 Å². The van der Waals surface area contributed by atoms with Gasteiger partial charge in [-0.15, -0.1) is 0 Å². The molecule has 0 saturated carbocycles. The van der Waals surface area contributed by atoms with E-state index in [1.54, 1.807) is 0 Å². The third-order valence-electron chi connectivity index (χ3n) is 1.43. The summed E-state index contributed by atoms with van der Waals surface area (Å²) in [6.07, 6.45) is 0.578. The molecule has 0 aromatic heterocycles. The van der Waals surface area contributed by atoms with Gasteiger partial charge in [-0.25, -0.2) is 0 Å². The Labute approximate surface area is 77.5 Å². The summed E-state index contributed by atoms with van der Waals surface area (Å²) in [6.45, 7) is 3.39. The van der Waals surface area contributed by atoms with Crippen LogP contribution in [0.1, 0.15) is 19.8 Å². The van der Waals surface area contributed by atoms with E-state index >= 15 is 0 Å². The molecule has 0 radical (unpaired) electrons. The fourth-order valence-corrected chi connectivity index (χ4v) is 0.768. The number of carboxylic acid groups (broad SMARTS) is 1. The van der Waals surface area contributed by atoms with Gasteiger partial charge in [0.05, 0.1) is 6.54 Å². The maximum absolute atomic E-state index is 10.9. The number of amides is 1. The zero-order chi connectivity index (χ0) is 10.1. The van der Waals surface area contributed by atoms with Crippen LogP contribution in [-0.4, -0.2) is 36.6 Å². The van der Waals surface area contributed by atoms with Gasteiger partial charge < -0.3 is 15.7 Å². The highest BCUT2D eigenvalue weighted by atomic mass is 16.4. The van der Waals surface area contributed by atoms with Crippen molar-refractivity contribution in [1.29, 1.82) is 0 Å². The fourth-order valence-electron chi connectivity index (χ4n) is 0.768. The molecule has 3 N–H and O–H groups in total. The Kier molecular flexibility index (Phi) is 6.91. The Morgan fingerprint density at radius 1 is 1.38 bits per heavy atom. The molecule has 0 spiro atoms. The van der Waals surface area contributed by atoms with Gasteiger partial charge in [0.25, 0.3) is 0 Å². The van der Waals surface area contributed by atoms with Crippen LogP contribution >= 0.6 is 0 Å². The molecule has 0 atom stereocenters. The van der Waals surface area contributed by atoms with Crippen molar-refractivity contribution in [3.63, 3.8) is 0 Å². The number of carbonyl (C=O) groups is 2. The summed E-state index contributed by atoms with van der Waals surface area (Å²) in [5, 5.41) is 13.8. The van der Waals surface area contributed by atoms with Crippen LogP contribution in [0.5, 0.6) is 0 Å². The van der Waals surface area contributed by atoms with Gasteiger partial charge in [0.15, 0.2) is 0 Å². The number of rotatable bonds is 7. The van der Waals surface area contributed by atoms with Crippen LogP contribution in [0.3, 0.4) is 0 Å². The summed E-state index contributed by atoms with van der Waals surface area (Å²) in [4.78, 5) is 21.0. The first-order valence-electron chi connectivity index (χ1n) is 4.36. The minimum atomic E-state index is -0.832. The molecule has 5 nitrogen and oxygen atoms in total. The van der Waals surface area contributed by atoms with Gasteiger partial charge in [-0.1, -0.05) is 6.92 Å². The molecule has 5 heteroatoms. The van der Waals surface area contributed by atoms with Crippen LogP contribution in [0.4, 0.5) is 0 Å². The second-order valence-electron chi connectivity index (χ2n) is 2.63. The Balaban J connectivity index is 3.22. The van der Waals surface area contributed by atoms with E-state index in [9.17, 15) is 9.59 Å². The van der Waals surface area contributed by atoms with Crippen LogP contribution in [0.2, 0.25) is 0 Å². The Morgan fingerprint density at radius 2 is 2.08 bits per heavy atom. The van der Waals surface area contributed by atoms with Crippen LogP contribution in [0.15, 0.2) is 0 Å². The highest BCUT2D eigenvalue weighted by Gasteiger charge is 1.99. The number of carbonyl (C=O) groups excluding carboxylic acids is 1. The lowest BCUT2D eigenvalue weighted by atomic mass is 10.3. The maximum Gasteiger partial charge on any atom is 0.303 e. The standard InChI is InChI=1S/C8H16N2O3/c1-2-9-6-7(11)10-5-3-4-8(12)13/h9H,2-6H2,1H3,(H,10,11)(H,12,13). The van der Waals surface area contributed by atoms with Gasteiger partial charge >= 0.3 is 5.97 Å². The molecule has 0 heterocycles. The number of hydrogen-bond donors (Lipinski definition) is 3. The molecule has 0 bridgehead atoms. The zero-order valence-corrected chi connectivity index (χ0v) is 7.80. The predicted molar refractivity (Wildman–Crippen MR) is 48.4 cm³/mol. The van der Waals surface area contributed by atoms with Gasteiger partial charge in [0.2, 0.25) is 5.91 Å². The number of hydrogen-bond acceptors (Lipinski definition) is 3. The molecular formula is C8H16N2O3. The molecule has 76 valence electrons. The van der Waals surface area contributed by atoms with Crippen LogP contribution in [0, 0.1) is 0 Å². The smallest absolute Gasteiger partial charge is 0.303 e. The summed E-state index contributed by atoms with van der Waals surface area (Å²) >= 11 is 0. The predicted octanol–water partition coefficient (Wildman–Crippen LogP) is -0.423. The number of likely N-dealkylation sites (N-methyl/N-ethyl adjacent to an activating group) is 1. The lowest BCUT2D eigenvalue weighted by molar-refractivity contribution is -0.137. The van der Waals surface area contributed by atoms with Gasteiger partial charge in [0.1, 0.15) is 0 Å². The second kappa shape index (κ2) is 7.54.